The van der Waals surface area contributed by atoms with Gasteiger partial charge in [-0.25, -0.2) is 0 Å². The van der Waals surface area contributed by atoms with Crippen LogP contribution in [0.3, 0.4) is 0 Å². The molecule has 1 unspecified atom stereocenters. The Morgan fingerprint density at radius 2 is 1.90 bits per heavy atom. The van der Waals surface area contributed by atoms with Crippen molar-refractivity contribution in [2.75, 3.05) is 26.2 Å². The number of likely N-dealkylation sites (tertiary alicyclic amines) is 2. The first kappa shape index (κ1) is 15.0. The number of nitrogens with zero attached hydrogens (tertiary/aromatic N) is 2. The number of benzene rings is 1. The van der Waals surface area contributed by atoms with Gasteiger partial charge in [-0.1, -0.05) is 37.3 Å². The molecule has 3 rings (SSSR count). The van der Waals surface area contributed by atoms with Gasteiger partial charge in [0.1, 0.15) is 0 Å². The van der Waals surface area contributed by atoms with Gasteiger partial charge in [0.05, 0.1) is 0 Å². The molecule has 3 nitrogen and oxygen atoms in total. The minimum absolute atomic E-state index is 0.364. The van der Waals surface area contributed by atoms with Gasteiger partial charge in [0.15, 0.2) is 0 Å². The molecule has 116 valence electrons. The number of piperidine rings is 2. The van der Waals surface area contributed by atoms with Crippen LogP contribution in [0.2, 0.25) is 0 Å². The molecular weight excluding hydrogens is 258 g/mol. The lowest BCUT2D eigenvalue weighted by atomic mass is 9.91. The smallest absolute Gasteiger partial charge is 0.0234 e. The zero-order chi connectivity index (χ0) is 14.7. The van der Waals surface area contributed by atoms with E-state index in [9.17, 15) is 0 Å². The van der Waals surface area contributed by atoms with Crippen molar-refractivity contribution in [3.05, 3.63) is 35.9 Å². The van der Waals surface area contributed by atoms with E-state index in [-0.39, 0.29) is 0 Å². The second-order valence-electron chi connectivity index (χ2n) is 6.94. The van der Waals surface area contributed by atoms with Crippen LogP contribution >= 0.6 is 0 Å². The van der Waals surface area contributed by atoms with Crippen molar-refractivity contribution in [3.63, 3.8) is 0 Å². The summed E-state index contributed by atoms with van der Waals surface area (Å²) in [6.45, 7) is 8.15. The number of rotatable bonds is 3. The van der Waals surface area contributed by atoms with E-state index in [1.54, 1.807) is 0 Å². The number of hydrogen-bond acceptors (Lipinski definition) is 3. The second kappa shape index (κ2) is 6.91. The van der Waals surface area contributed by atoms with Gasteiger partial charge >= 0.3 is 0 Å². The van der Waals surface area contributed by atoms with E-state index in [2.05, 4.69) is 47.1 Å². The summed E-state index contributed by atoms with van der Waals surface area (Å²) in [6, 6.07) is 11.9. The van der Waals surface area contributed by atoms with Crippen molar-refractivity contribution in [1.29, 1.82) is 0 Å². The lowest BCUT2D eigenvalue weighted by molar-refractivity contribution is 0.0600. The second-order valence-corrected chi connectivity index (χ2v) is 6.94. The number of nitrogens with two attached hydrogens (primary N) is 1. The Hall–Kier alpha value is -0.900. The SMILES string of the molecule is C[C@@H]1CCN(C2CCCN(Cc3ccccc3)C2)C[C@@H]1N. The minimum Gasteiger partial charge on any atom is -0.326 e. The van der Waals surface area contributed by atoms with E-state index in [4.69, 9.17) is 5.73 Å². The molecule has 21 heavy (non-hydrogen) atoms. The molecule has 0 aliphatic carbocycles. The fraction of sp³-hybridized carbons (Fsp3) is 0.667. The predicted molar refractivity (Wildman–Crippen MR) is 88.1 cm³/mol. The van der Waals surface area contributed by atoms with Crippen LogP contribution in [0.4, 0.5) is 0 Å². The van der Waals surface area contributed by atoms with Crippen molar-refractivity contribution in [3.8, 4) is 0 Å². The fourth-order valence-corrected chi connectivity index (χ4v) is 3.77. The quantitative estimate of drug-likeness (QED) is 0.926. The molecule has 0 saturated carbocycles. The Morgan fingerprint density at radius 1 is 1.10 bits per heavy atom. The molecule has 2 aliphatic rings. The largest absolute Gasteiger partial charge is 0.326 e. The Labute approximate surface area is 129 Å². The van der Waals surface area contributed by atoms with Crippen LogP contribution in [0, 0.1) is 5.92 Å². The molecular formula is C18H29N3. The molecule has 2 fully saturated rings. The van der Waals surface area contributed by atoms with E-state index >= 15 is 0 Å². The van der Waals surface area contributed by atoms with Gasteiger partial charge in [0.25, 0.3) is 0 Å². The van der Waals surface area contributed by atoms with Gasteiger partial charge in [0.2, 0.25) is 0 Å². The molecule has 0 aromatic heterocycles. The highest BCUT2D eigenvalue weighted by atomic mass is 15.2. The third kappa shape index (κ3) is 3.85. The van der Waals surface area contributed by atoms with Crippen LogP contribution in [0.15, 0.2) is 30.3 Å². The fourth-order valence-electron chi connectivity index (χ4n) is 3.77. The average molecular weight is 287 g/mol. The third-order valence-corrected chi connectivity index (χ3v) is 5.29. The highest BCUT2D eigenvalue weighted by Gasteiger charge is 2.30. The maximum Gasteiger partial charge on any atom is 0.0234 e. The van der Waals surface area contributed by atoms with Crippen LogP contribution in [-0.4, -0.2) is 48.1 Å². The molecule has 2 N–H and O–H groups in total. The van der Waals surface area contributed by atoms with Crippen LogP contribution in [0.1, 0.15) is 31.7 Å². The Kier molecular flexibility index (Phi) is 4.94. The minimum atomic E-state index is 0.364. The highest BCUT2D eigenvalue weighted by molar-refractivity contribution is 5.14. The molecule has 0 spiro atoms. The molecule has 2 heterocycles. The topological polar surface area (TPSA) is 32.5 Å². The summed E-state index contributed by atoms with van der Waals surface area (Å²) in [7, 11) is 0. The standard InChI is InChI=1S/C18H29N3/c1-15-9-11-21(14-18(15)19)17-8-5-10-20(13-17)12-16-6-3-2-4-7-16/h2-4,6-7,15,17-18H,5,8-14,19H2,1H3/t15-,17?,18+/m1/s1. The van der Waals surface area contributed by atoms with Crippen LogP contribution in [0.5, 0.6) is 0 Å². The maximum atomic E-state index is 6.28. The van der Waals surface area contributed by atoms with E-state index in [1.165, 1.54) is 44.5 Å². The number of hydrogen-bond donors (Lipinski definition) is 1. The summed E-state index contributed by atoms with van der Waals surface area (Å²) in [5.74, 6) is 0.685. The molecule has 2 saturated heterocycles. The average Bonchev–Trinajstić information content (AvgIpc) is 2.51. The van der Waals surface area contributed by atoms with E-state index in [1.807, 2.05) is 0 Å². The third-order valence-electron chi connectivity index (χ3n) is 5.29. The molecule has 1 aromatic rings. The summed E-state index contributed by atoms with van der Waals surface area (Å²) in [6.07, 6.45) is 3.92. The van der Waals surface area contributed by atoms with Gasteiger partial charge in [0, 0.05) is 31.7 Å². The van der Waals surface area contributed by atoms with Crippen LogP contribution < -0.4 is 5.73 Å². The van der Waals surface area contributed by atoms with Crippen molar-refractivity contribution in [1.82, 2.24) is 9.80 Å². The molecule has 3 heteroatoms. The van der Waals surface area contributed by atoms with Crippen LogP contribution in [-0.2, 0) is 6.54 Å². The summed E-state index contributed by atoms with van der Waals surface area (Å²) in [5, 5.41) is 0. The summed E-state index contributed by atoms with van der Waals surface area (Å²) < 4.78 is 0. The Balaban J connectivity index is 1.56. The molecule has 1 aromatic carbocycles. The molecule has 0 radical (unpaired) electrons. The summed E-state index contributed by atoms with van der Waals surface area (Å²) >= 11 is 0. The maximum absolute atomic E-state index is 6.28. The Morgan fingerprint density at radius 3 is 2.67 bits per heavy atom. The van der Waals surface area contributed by atoms with E-state index in [0.29, 0.717) is 18.0 Å². The van der Waals surface area contributed by atoms with E-state index in [0.717, 1.165) is 13.1 Å². The monoisotopic (exact) mass is 287 g/mol. The van der Waals surface area contributed by atoms with Gasteiger partial charge in [-0.15, -0.1) is 0 Å². The van der Waals surface area contributed by atoms with Crippen molar-refractivity contribution >= 4 is 0 Å². The molecule has 3 atom stereocenters. The van der Waals surface area contributed by atoms with Crippen molar-refractivity contribution in [2.45, 2.75) is 44.8 Å². The molecule has 2 aliphatic heterocycles. The van der Waals surface area contributed by atoms with E-state index < -0.39 is 0 Å². The lowest BCUT2D eigenvalue weighted by Crippen LogP contribution is -2.55. The zero-order valence-electron chi connectivity index (χ0n) is 13.2. The van der Waals surface area contributed by atoms with Crippen molar-refractivity contribution in [2.24, 2.45) is 11.7 Å². The summed E-state index contributed by atoms with van der Waals surface area (Å²) in [4.78, 5) is 5.27. The Bertz CT molecular complexity index is 433. The van der Waals surface area contributed by atoms with Gasteiger partial charge in [-0.05, 0) is 43.8 Å². The predicted octanol–water partition coefficient (Wildman–Crippen LogP) is 2.32. The first-order chi connectivity index (χ1) is 10.2. The van der Waals surface area contributed by atoms with Gasteiger partial charge < -0.3 is 5.73 Å². The highest BCUT2D eigenvalue weighted by Crippen LogP contribution is 2.23. The molecule has 0 bridgehead atoms. The first-order valence-electron chi connectivity index (χ1n) is 8.48. The van der Waals surface area contributed by atoms with Gasteiger partial charge in [-0.2, -0.15) is 0 Å². The molecule has 0 amide bonds. The summed E-state index contributed by atoms with van der Waals surface area (Å²) in [5.41, 5.74) is 7.71. The lowest BCUT2D eigenvalue weighted by Gasteiger charge is -2.44. The van der Waals surface area contributed by atoms with Gasteiger partial charge in [-0.3, -0.25) is 9.80 Å². The zero-order valence-corrected chi connectivity index (χ0v) is 13.2. The first-order valence-corrected chi connectivity index (χ1v) is 8.48. The van der Waals surface area contributed by atoms with Crippen molar-refractivity contribution < 1.29 is 0 Å². The van der Waals surface area contributed by atoms with Crippen LogP contribution in [0.25, 0.3) is 0 Å². The normalized spacial score (nSPS) is 32.2.